The zero-order chi connectivity index (χ0) is 20.4. The van der Waals surface area contributed by atoms with Crippen LogP contribution >= 0.6 is 11.3 Å². The molecule has 0 spiro atoms. The minimum absolute atomic E-state index is 0.133. The van der Waals surface area contributed by atoms with E-state index in [1.807, 2.05) is 36.4 Å². The molecule has 29 heavy (non-hydrogen) atoms. The van der Waals surface area contributed by atoms with Crippen molar-refractivity contribution < 1.29 is 9.18 Å². The first-order valence-electron chi connectivity index (χ1n) is 9.10. The van der Waals surface area contributed by atoms with Crippen LogP contribution in [0.4, 0.5) is 4.39 Å². The molecule has 0 aliphatic carbocycles. The summed E-state index contributed by atoms with van der Waals surface area (Å²) in [5, 5.41) is 2.82. The molecule has 1 atom stereocenters. The van der Waals surface area contributed by atoms with Gasteiger partial charge in [0.1, 0.15) is 17.1 Å². The molecule has 0 saturated carbocycles. The van der Waals surface area contributed by atoms with Gasteiger partial charge < -0.3 is 5.32 Å². The van der Waals surface area contributed by atoms with Crippen molar-refractivity contribution in [3.63, 3.8) is 0 Å². The summed E-state index contributed by atoms with van der Waals surface area (Å²) in [6, 6.07) is 17.3. The number of halogens is 1. The van der Waals surface area contributed by atoms with Gasteiger partial charge in [-0.05, 0) is 36.2 Å². The molecular formula is C22H18FN3O2S. The van der Waals surface area contributed by atoms with Crippen molar-refractivity contribution in [3.8, 4) is 10.4 Å². The second-order valence-electron chi connectivity index (χ2n) is 6.71. The number of hydrogen-bond donors (Lipinski definition) is 1. The van der Waals surface area contributed by atoms with Crippen molar-refractivity contribution in [2.75, 3.05) is 0 Å². The lowest BCUT2D eigenvalue weighted by Gasteiger charge is -2.14. The third-order valence-corrected chi connectivity index (χ3v) is 5.78. The van der Waals surface area contributed by atoms with Crippen molar-refractivity contribution >= 4 is 27.5 Å². The van der Waals surface area contributed by atoms with E-state index >= 15 is 0 Å². The van der Waals surface area contributed by atoms with Crippen molar-refractivity contribution in [3.05, 3.63) is 88.7 Å². The number of carbonyl (C=O) groups is 1. The third kappa shape index (κ3) is 4.09. The minimum atomic E-state index is -0.330. The molecule has 0 aliphatic heterocycles. The van der Waals surface area contributed by atoms with Gasteiger partial charge in [0.05, 0.1) is 17.9 Å². The second kappa shape index (κ2) is 7.97. The summed E-state index contributed by atoms with van der Waals surface area (Å²) < 4.78 is 14.9. The van der Waals surface area contributed by atoms with E-state index < -0.39 is 0 Å². The summed E-state index contributed by atoms with van der Waals surface area (Å²) in [6.45, 7) is 1.67. The minimum Gasteiger partial charge on any atom is -0.348 e. The van der Waals surface area contributed by atoms with Crippen LogP contribution in [0.2, 0.25) is 0 Å². The maximum atomic E-state index is 13.1. The lowest BCUT2D eigenvalue weighted by Crippen LogP contribution is -2.33. The summed E-state index contributed by atoms with van der Waals surface area (Å²) in [4.78, 5) is 30.5. The Morgan fingerprint density at radius 2 is 1.90 bits per heavy atom. The normalized spacial score (nSPS) is 12.1. The topological polar surface area (TPSA) is 64.0 Å². The van der Waals surface area contributed by atoms with E-state index in [-0.39, 0.29) is 29.9 Å². The molecule has 1 N–H and O–H groups in total. The molecule has 146 valence electrons. The zero-order valence-corrected chi connectivity index (χ0v) is 16.4. The molecule has 0 saturated heterocycles. The van der Waals surface area contributed by atoms with Crippen LogP contribution < -0.4 is 10.9 Å². The van der Waals surface area contributed by atoms with Gasteiger partial charge in [0, 0.05) is 4.88 Å². The number of hydrogen-bond acceptors (Lipinski definition) is 4. The van der Waals surface area contributed by atoms with Crippen LogP contribution in [0.25, 0.3) is 20.7 Å². The predicted octanol–water partition coefficient (Wildman–Crippen LogP) is 4.14. The lowest BCUT2D eigenvalue weighted by molar-refractivity contribution is -0.122. The highest BCUT2D eigenvalue weighted by Crippen LogP contribution is 2.30. The number of amides is 1. The summed E-state index contributed by atoms with van der Waals surface area (Å²) in [5.41, 5.74) is 2.18. The maximum Gasteiger partial charge on any atom is 0.271 e. The van der Waals surface area contributed by atoms with Crippen molar-refractivity contribution in [2.24, 2.45) is 0 Å². The van der Waals surface area contributed by atoms with Gasteiger partial charge in [0.15, 0.2) is 0 Å². The van der Waals surface area contributed by atoms with Crippen LogP contribution in [0.5, 0.6) is 0 Å². The standard InChI is InChI=1S/C22H18FN3O2S/c1-14(15-7-9-17(23)10-8-15)25-20(27)12-26-13-24-18-11-19(29-21(18)22(26)28)16-5-3-2-4-6-16/h2-11,13-14H,12H2,1H3,(H,25,27). The summed E-state index contributed by atoms with van der Waals surface area (Å²) in [5.74, 6) is -0.645. The molecule has 4 rings (SSSR count). The van der Waals surface area contributed by atoms with Gasteiger partial charge in [-0.2, -0.15) is 0 Å². The number of thiophene rings is 1. The number of nitrogens with zero attached hydrogens (tertiary/aromatic N) is 2. The third-order valence-electron chi connectivity index (χ3n) is 4.62. The van der Waals surface area contributed by atoms with Gasteiger partial charge in [-0.3, -0.25) is 14.2 Å². The molecule has 4 aromatic rings. The summed E-state index contributed by atoms with van der Waals surface area (Å²) in [6.07, 6.45) is 1.40. The molecule has 0 fully saturated rings. The highest BCUT2D eigenvalue weighted by atomic mass is 32.1. The van der Waals surface area contributed by atoms with Gasteiger partial charge in [0.2, 0.25) is 5.91 Å². The highest BCUT2D eigenvalue weighted by Gasteiger charge is 2.14. The molecule has 1 amide bonds. The molecule has 0 aliphatic rings. The van der Waals surface area contributed by atoms with Crippen molar-refractivity contribution in [2.45, 2.75) is 19.5 Å². The largest absolute Gasteiger partial charge is 0.348 e. The molecule has 5 nitrogen and oxygen atoms in total. The van der Waals surface area contributed by atoms with E-state index in [1.165, 1.54) is 34.4 Å². The number of benzene rings is 2. The number of nitrogens with one attached hydrogen (secondary N) is 1. The van der Waals surface area contributed by atoms with E-state index in [4.69, 9.17) is 0 Å². The lowest BCUT2D eigenvalue weighted by atomic mass is 10.1. The molecule has 0 bridgehead atoms. The smallest absolute Gasteiger partial charge is 0.271 e. The van der Waals surface area contributed by atoms with Crippen molar-refractivity contribution in [1.82, 2.24) is 14.9 Å². The summed E-state index contributed by atoms with van der Waals surface area (Å²) >= 11 is 1.37. The Balaban J connectivity index is 1.53. The Hall–Kier alpha value is -3.32. The number of rotatable bonds is 5. The van der Waals surface area contributed by atoms with Gasteiger partial charge in [-0.1, -0.05) is 42.5 Å². The van der Waals surface area contributed by atoms with E-state index in [1.54, 1.807) is 19.1 Å². The van der Waals surface area contributed by atoms with Crippen LogP contribution in [0.1, 0.15) is 18.5 Å². The highest BCUT2D eigenvalue weighted by molar-refractivity contribution is 7.22. The number of fused-ring (bicyclic) bond motifs is 1. The first kappa shape index (κ1) is 19.0. The van der Waals surface area contributed by atoms with E-state index in [0.717, 1.165) is 16.0 Å². The molecule has 2 aromatic carbocycles. The Kier molecular flexibility index (Phi) is 5.22. The van der Waals surface area contributed by atoms with Gasteiger partial charge in [-0.15, -0.1) is 11.3 Å². The SMILES string of the molecule is CC(NC(=O)Cn1cnc2cc(-c3ccccc3)sc2c1=O)c1ccc(F)cc1. The predicted molar refractivity (Wildman–Crippen MR) is 112 cm³/mol. The molecule has 2 aromatic heterocycles. The fraction of sp³-hybridized carbons (Fsp3) is 0.136. The molecule has 0 radical (unpaired) electrons. The zero-order valence-electron chi connectivity index (χ0n) is 15.6. The van der Waals surface area contributed by atoms with E-state index in [9.17, 15) is 14.0 Å². The maximum absolute atomic E-state index is 13.1. The van der Waals surface area contributed by atoms with Gasteiger partial charge >= 0.3 is 0 Å². The average Bonchev–Trinajstić information content (AvgIpc) is 3.16. The van der Waals surface area contributed by atoms with Crippen LogP contribution in [0.15, 0.2) is 71.8 Å². The molecule has 7 heteroatoms. The number of aromatic nitrogens is 2. The molecule has 2 heterocycles. The van der Waals surface area contributed by atoms with Crippen molar-refractivity contribution in [1.29, 1.82) is 0 Å². The van der Waals surface area contributed by atoms with Crippen LogP contribution in [-0.4, -0.2) is 15.5 Å². The fourth-order valence-corrected chi connectivity index (χ4v) is 4.14. The Labute approximate surface area is 170 Å². The fourth-order valence-electron chi connectivity index (χ4n) is 3.08. The van der Waals surface area contributed by atoms with E-state index in [0.29, 0.717) is 10.2 Å². The van der Waals surface area contributed by atoms with Gasteiger partial charge in [0.25, 0.3) is 5.56 Å². The molecular weight excluding hydrogens is 389 g/mol. The Morgan fingerprint density at radius 3 is 2.62 bits per heavy atom. The second-order valence-corrected chi connectivity index (χ2v) is 7.76. The van der Waals surface area contributed by atoms with Crippen LogP contribution in [0, 0.1) is 5.82 Å². The number of carbonyl (C=O) groups excluding carboxylic acids is 1. The first-order chi connectivity index (χ1) is 14.0. The molecule has 1 unspecified atom stereocenters. The van der Waals surface area contributed by atoms with Gasteiger partial charge in [-0.25, -0.2) is 9.37 Å². The first-order valence-corrected chi connectivity index (χ1v) is 9.92. The summed E-state index contributed by atoms with van der Waals surface area (Å²) in [7, 11) is 0. The van der Waals surface area contributed by atoms with E-state index in [2.05, 4.69) is 10.3 Å². The Bertz CT molecular complexity index is 1220. The monoisotopic (exact) mass is 407 g/mol. The quantitative estimate of drug-likeness (QED) is 0.541. The van der Waals surface area contributed by atoms with Crippen LogP contribution in [0.3, 0.4) is 0 Å². The Morgan fingerprint density at radius 1 is 1.17 bits per heavy atom. The average molecular weight is 407 g/mol. The van der Waals surface area contributed by atoms with Crippen LogP contribution in [-0.2, 0) is 11.3 Å².